The Balaban J connectivity index is 1.66. The summed E-state index contributed by atoms with van der Waals surface area (Å²) in [7, 11) is 0. The molecule has 4 atom stereocenters. The molecule has 0 spiro atoms. The SMILES string of the molecule is CCC1CCC(c2noc(C3CCNC(C)C3)n2)C1. The molecule has 1 N–H and O–H groups in total. The van der Waals surface area contributed by atoms with Gasteiger partial charge in [-0.05, 0) is 51.5 Å². The van der Waals surface area contributed by atoms with Gasteiger partial charge in [-0.2, -0.15) is 4.98 Å². The fourth-order valence-corrected chi connectivity index (χ4v) is 3.62. The van der Waals surface area contributed by atoms with Gasteiger partial charge in [0, 0.05) is 17.9 Å². The lowest BCUT2D eigenvalue weighted by Crippen LogP contribution is -2.34. The fraction of sp³-hybridized carbons (Fsp3) is 0.867. The molecule has 2 heterocycles. The van der Waals surface area contributed by atoms with Crippen LogP contribution in [0.5, 0.6) is 0 Å². The summed E-state index contributed by atoms with van der Waals surface area (Å²) < 4.78 is 5.54. The highest BCUT2D eigenvalue weighted by molar-refractivity contribution is 5.03. The van der Waals surface area contributed by atoms with Gasteiger partial charge in [-0.25, -0.2) is 0 Å². The molecule has 4 heteroatoms. The van der Waals surface area contributed by atoms with Crippen molar-refractivity contribution in [3.05, 3.63) is 11.7 Å². The largest absolute Gasteiger partial charge is 0.339 e. The van der Waals surface area contributed by atoms with Crippen molar-refractivity contribution in [2.45, 2.75) is 70.3 Å². The van der Waals surface area contributed by atoms with Gasteiger partial charge in [0.1, 0.15) is 0 Å². The first-order valence-electron chi connectivity index (χ1n) is 7.83. The molecule has 1 aromatic heterocycles. The normalized spacial score (nSPS) is 35.7. The van der Waals surface area contributed by atoms with E-state index in [-0.39, 0.29) is 0 Å². The second-order valence-electron chi connectivity index (χ2n) is 6.35. The molecule has 4 unspecified atom stereocenters. The standard InChI is InChI=1S/C15H25N3O/c1-3-11-4-5-12(9-11)14-17-15(19-18-14)13-6-7-16-10(2)8-13/h10-13,16H,3-9H2,1-2H3. The van der Waals surface area contributed by atoms with Crippen molar-refractivity contribution in [2.75, 3.05) is 6.54 Å². The van der Waals surface area contributed by atoms with Crippen LogP contribution in [0.15, 0.2) is 4.52 Å². The predicted molar refractivity (Wildman–Crippen MR) is 74.1 cm³/mol. The van der Waals surface area contributed by atoms with Gasteiger partial charge < -0.3 is 9.84 Å². The van der Waals surface area contributed by atoms with Crippen LogP contribution >= 0.6 is 0 Å². The molecule has 0 aromatic carbocycles. The van der Waals surface area contributed by atoms with Crippen molar-refractivity contribution in [1.29, 1.82) is 0 Å². The van der Waals surface area contributed by atoms with E-state index in [9.17, 15) is 0 Å². The molecule has 4 nitrogen and oxygen atoms in total. The minimum Gasteiger partial charge on any atom is -0.339 e. The molecule has 1 aromatic rings. The summed E-state index contributed by atoms with van der Waals surface area (Å²) in [4.78, 5) is 4.71. The zero-order valence-electron chi connectivity index (χ0n) is 12.1. The molecule has 0 bridgehead atoms. The maximum atomic E-state index is 5.54. The van der Waals surface area contributed by atoms with Gasteiger partial charge in [-0.3, -0.25) is 0 Å². The van der Waals surface area contributed by atoms with Crippen LogP contribution in [-0.2, 0) is 0 Å². The van der Waals surface area contributed by atoms with E-state index in [2.05, 4.69) is 24.3 Å². The Hall–Kier alpha value is -0.900. The van der Waals surface area contributed by atoms with Crippen molar-refractivity contribution in [2.24, 2.45) is 5.92 Å². The molecule has 106 valence electrons. The fourth-order valence-electron chi connectivity index (χ4n) is 3.62. The highest BCUT2D eigenvalue weighted by atomic mass is 16.5. The lowest BCUT2D eigenvalue weighted by atomic mass is 9.93. The summed E-state index contributed by atoms with van der Waals surface area (Å²) in [5.41, 5.74) is 0. The van der Waals surface area contributed by atoms with Gasteiger partial charge in [-0.1, -0.05) is 18.5 Å². The van der Waals surface area contributed by atoms with Crippen molar-refractivity contribution < 1.29 is 4.52 Å². The lowest BCUT2D eigenvalue weighted by molar-refractivity contribution is 0.293. The third kappa shape index (κ3) is 2.83. The van der Waals surface area contributed by atoms with Gasteiger partial charge in [0.25, 0.3) is 0 Å². The minimum absolute atomic E-state index is 0.459. The van der Waals surface area contributed by atoms with Crippen LogP contribution in [-0.4, -0.2) is 22.7 Å². The van der Waals surface area contributed by atoms with Crippen molar-refractivity contribution in [1.82, 2.24) is 15.5 Å². The Kier molecular flexibility index (Phi) is 3.87. The zero-order valence-corrected chi connectivity index (χ0v) is 12.1. The Bertz CT molecular complexity index is 417. The molecule has 1 aliphatic heterocycles. The number of aromatic nitrogens is 2. The van der Waals surface area contributed by atoms with Crippen molar-refractivity contribution in [3.63, 3.8) is 0 Å². The maximum Gasteiger partial charge on any atom is 0.229 e. The van der Waals surface area contributed by atoms with Crippen LogP contribution in [0.3, 0.4) is 0 Å². The van der Waals surface area contributed by atoms with Gasteiger partial charge in [0.2, 0.25) is 5.89 Å². The molecule has 2 aliphatic rings. The van der Waals surface area contributed by atoms with E-state index in [1.54, 1.807) is 0 Å². The summed E-state index contributed by atoms with van der Waals surface area (Å²) in [6, 6.07) is 0.560. The summed E-state index contributed by atoms with van der Waals surface area (Å²) in [5.74, 6) is 3.72. The van der Waals surface area contributed by atoms with Crippen LogP contribution in [0.25, 0.3) is 0 Å². The predicted octanol–water partition coefficient (Wildman–Crippen LogP) is 3.22. The first-order chi connectivity index (χ1) is 9.26. The number of rotatable bonds is 3. The highest BCUT2D eigenvalue weighted by Gasteiger charge is 2.30. The molecular formula is C15H25N3O. The number of nitrogens with one attached hydrogen (secondary N) is 1. The third-order valence-electron chi connectivity index (χ3n) is 4.91. The molecular weight excluding hydrogens is 238 g/mol. The highest BCUT2D eigenvalue weighted by Crippen LogP contribution is 2.39. The van der Waals surface area contributed by atoms with E-state index in [4.69, 9.17) is 9.51 Å². The van der Waals surface area contributed by atoms with E-state index in [1.165, 1.54) is 25.7 Å². The lowest BCUT2D eigenvalue weighted by Gasteiger charge is -2.25. The van der Waals surface area contributed by atoms with Gasteiger partial charge in [-0.15, -0.1) is 0 Å². The number of hydrogen-bond acceptors (Lipinski definition) is 4. The Morgan fingerprint density at radius 3 is 2.84 bits per heavy atom. The molecule has 0 radical (unpaired) electrons. The molecule has 3 rings (SSSR count). The smallest absolute Gasteiger partial charge is 0.229 e. The molecule has 1 aliphatic carbocycles. The van der Waals surface area contributed by atoms with Gasteiger partial charge in [0.15, 0.2) is 5.82 Å². The van der Waals surface area contributed by atoms with Crippen molar-refractivity contribution >= 4 is 0 Å². The van der Waals surface area contributed by atoms with Crippen LogP contribution in [0.4, 0.5) is 0 Å². The first-order valence-corrected chi connectivity index (χ1v) is 7.83. The molecule has 1 saturated carbocycles. The molecule has 2 fully saturated rings. The van der Waals surface area contributed by atoms with Gasteiger partial charge >= 0.3 is 0 Å². The summed E-state index contributed by atoms with van der Waals surface area (Å²) in [5, 5.41) is 7.73. The summed E-state index contributed by atoms with van der Waals surface area (Å²) in [6.45, 7) is 5.57. The van der Waals surface area contributed by atoms with E-state index >= 15 is 0 Å². The topological polar surface area (TPSA) is 51.0 Å². The Labute approximate surface area is 115 Å². The number of piperidine rings is 1. The van der Waals surface area contributed by atoms with E-state index in [0.29, 0.717) is 17.9 Å². The minimum atomic E-state index is 0.459. The zero-order chi connectivity index (χ0) is 13.2. The third-order valence-corrected chi connectivity index (χ3v) is 4.91. The summed E-state index contributed by atoms with van der Waals surface area (Å²) >= 11 is 0. The van der Waals surface area contributed by atoms with E-state index in [0.717, 1.165) is 37.0 Å². The average Bonchev–Trinajstić information content (AvgIpc) is 3.07. The van der Waals surface area contributed by atoms with Crippen LogP contribution < -0.4 is 5.32 Å². The van der Waals surface area contributed by atoms with Crippen LogP contribution in [0, 0.1) is 5.92 Å². The Morgan fingerprint density at radius 2 is 2.11 bits per heavy atom. The molecule has 19 heavy (non-hydrogen) atoms. The second-order valence-corrected chi connectivity index (χ2v) is 6.35. The molecule has 0 amide bonds. The monoisotopic (exact) mass is 263 g/mol. The second kappa shape index (κ2) is 5.61. The van der Waals surface area contributed by atoms with Gasteiger partial charge in [0.05, 0.1) is 0 Å². The summed E-state index contributed by atoms with van der Waals surface area (Å²) in [6.07, 6.45) is 7.33. The number of hydrogen-bond donors (Lipinski definition) is 1. The quantitative estimate of drug-likeness (QED) is 0.909. The average molecular weight is 263 g/mol. The van der Waals surface area contributed by atoms with Crippen LogP contribution in [0.2, 0.25) is 0 Å². The van der Waals surface area contributed by atoms with E-state index in [1.807, 2.05) is 0 Å². The number of nitrogens with zero attached hydrogens (tertiary/aromatic N) is 2. The molecule has 1 saturated heterocycles. The van der Waals surface area contributed by atoms with Crippen LogP contribution in [0.1, 0.15) is 75.9 Å². The Morgan fingerprint density at radius 1 is 1.21 bits per heavy atom. The van der Waals surface area contributed by atoms with Crippen molar-refractivity contribution in [3.8, 4) is 0 Å². The maximum absolute atomic E-state index is 5.54. The van der Waals surface area contributed by atoms with E-state index < -0.39 is 0 Å². The first kappa shape index (κ1) is 13.1.